The molecule has 6 heteroatoms. The highest BCUT2D eigenvalue weighted by atomic mass is 19.1. The van der Waals surface area contributed by atoms with Crippen LogP contribution in [0.15, 0.2) is 84.9 Å². The summed E-state index contributed by atoms with van der Waals surface area (Å²) in [5.74, 6) is 3.53. The zero-order chi connectivity index (χ0) is 48.9. The molecule has 384 valence electrons. The fourth-order valence-corrected chi connectivity index (χ4v) is 11.7. The van der Waals surface area contributed by atoms with E-state index in [4.69, 9.17) is 18.9 Å². The normalized spacial score (nSPS) is 25.0. The van der Waals surface area contributed by atoms with E-state index in [0.717, 1.165) is 66.1 Å². The zero-order valence-corrected chi connectivity index (χ0v) is 43.9. The molecule has 0 atom stereocenters. The quantitative estimate of drug-likeness (QED) is 0.0736. The van der Waals surface area contributed by atoms with Crippen LogP contribution < -0.4 is 0 Å². The third-order valence-electron chi connectivity index (χ3n) is 16.5. The van der Waals surface area contributed by atoms with E-state index in [-0.39, 0.29) is 24.2 Å². The maximum atomic E-state index is 15.2. The lowest BCUT2D eigenvalue weighted by molar-refractivity contribution is -0.206. The molecule has 0 amide bonds. The van der Waals surface area contributed by atoms with Gasteiger partial charge in [-0.15, -0.1) is 0 Å². The Labute approximate surface area is 423 Å². The van der Waals surface area contributed by atoms with Gasteiger partial charge in [-0.3, -0.25) is 0 Å². The average Bonchev–Trinajstić information content (AvgIpc) is 3.41. The molecular formula is C64H90F2O4. The Hall–Kier alpha value is -3.42. The zero-order valence-electron chi connectivity index (χ0n) is 43.9. The van der Waals surface area contributed by atoms with E-state index in [2.05, 4.69) is 39.8 Å². The second kappa shape index (κ2) is 29.3. The minimum atomic E-state index is -0.310. The van der Waals surface area contributed by atoms with Gasteiger partial charge in [0.15, 0.2) is 12.6 Å². The van der Waals surface area contributed by atoms with E-state index in [1.54, 1.807) is 12.1 Å². The van der Waals surface area contributed by atoms with Crippen LogP contribution in [-0.4, -0.2) is 26.4 Å². The average molecular weight is 961 g/mol. The highest BCUT2D eigenvalue weighted by Gasteiger charge is 2.27. The first-order valence-electron chi connectivity index (χ1n) is 28.6. The second-order valence-electron chi connectivity index (χ2n) is 21.8. The van der Waals surface area contributed by atoms with Gasteiger partial charge in [-0.25, -0.2) is 8.78 Å². The van der Waals surface area contributed by atoms with Gasteiger partial charge in [-0.2, -0.15) is 0 Å². The molecule has 4 aromatic rings. The molecule has 70 heavy (non-hydrogen) atoms. The summed E-state index contributed by atoms with van der Waals surface area (Å²) < 4.78 is 54.3. The largest absolute Gasteiger partial charge is 0.348 e. The van der Waals surface area contributed by atoms with Crippen LogP contribution in [0.5, 0.6) is 0 Å². The number of rotatable bonds is 22. The molecule has 2 aliphatic heterocycles. The monoisotopic (exact) mass is 961 g/mol. The van der Waals surface area contributed by atoms with Crippen LogP contribution in [0.2, 0.25) is 0 Å². The second-order valence-corrected chi connectivity index (χ2v) is 21.8. The number of unbranched alkanes of at least 4 members (excludes halogenated alkanes) is 9. The van der Waals surface area contributed by atoms with E-state index >= 15 is 8.78 Å². The summed E-state index contributed by atoms with van der Waals surface area (Å²) in [6, 6.07) is 27.9. The SMILES string of the molecule is CCCCCCCC1COC(c2ccc(-c3ccc(C4CCC(CC)CC4)cc3F)cc2)OC1.CCCCCCCC1COC(c2ccc(-c3ccc(C4CCC(CCCC)CC4)cc3F)cc2)OC1. The molecule has 0 bridgehead atoms. The van der Waals surface area contributed by atoms with E-state index in [1.165, 1.54) is 160 Å². The van der Waals surface area contributed by atoms with Crippen molar-refractivity contribution in [3.63, 3.8) is 0 Å². The Kier molecular flexibility index (Phi) is 22.8. The number of hydrogen-bond donors (Lipinski definition) is 0. The summed E-state index contributed by atoms with van der Waals surface area (Å²) in [6.07, 6.45) is 30.0. The standard InChI is InChI=1S/C33H47FO2.C31H43FO2/c1-3-5-7-8-9-11-26-23-35-33(36-24-26)29-18-16-28(17-19-29)31-21-20-30(22-32(31)34)27-14-12-25(13-15-27)10-6-4-2;1-3-5-6-7-8-9-24-21-33-31(34-22-24)27-16-14-26(15-17-27)29-19-18-28(20-30(29)32)25-12-10-23(4-2)11-13-25/h16-22,25-27,33H,3-15,23-24H2,1-2H3;14-20,23-25,31H,3-13,21-22H2,1-2H3. The fraction of sp³-hybridized carbons (Fsp3) is 0.625. The van der Waals surface area contributed by atoms with Crippen LogP contribution >= 0.6 is 0 Å². The van der Waals surface area contributed by atoms with Crippen LogP contribution in [0, 0.1) is 35.3 Å². The maximum Gasteiger partial charge on any atom is 0.183 e. The number of halogens is 2. The highest BCUT2D eigenvalue weighted by Crippen LogP contribution is 2.41. The summed E-state index contributed by atoms with van der Waals surface area (Å²) in [5, 5.41) is 0. The number of benzene rings is 4. The molecule has 2 saturated carbocycles. The molecule has 0 N–H and O–H groups in total. The first-order chi connectivity index (χ1) is 34.3. The molecular weight excluding hydrogens is 871 g/mol. The molecule has 4 nitrogen and oxygen atoms in total. The smallest absolute Gasteiger partial charge is 0.183 e. The first kappa shape index (κ1) is 54.4. The van der Waals surface area contributed by atoms with Gasteiger partial charge in [0.25, 0.3) is 0 Å². The molecule has 8 rings (SSSR count). The minimum Gasteiger partial charge on any atom is -0.348 e. The molecule has 0 radical (unpaired) electrons. The van der Waals surface area contributed by atoms with E-state index in [9.17, 15) is 0 Å². The third-order valence-corrected chi connectivity index (χ3v) is 16.5. The molecule has 4 fully saturated rings. The van der Waals surface area contributed by atoms with Crippen molar-refractivity contribution in [3.8, 4) is 22.3 Å². The predicted molar refractivity (Wildman–Crippen MR) is 286 cm³/mol. The summed E-state index contributed by atoms with van der Waals surface area (Å²) >= 11 is 0. The van der Waals surface area contributed by atoms with Gasteiger partial charge in [0, 0.05) is 34.1 Å². The molecule has 2 heterocycles. The highest BCUT2D eigenvalue weighted by molar-refractivity contribution is 5.66. The first-order valence-corrected chi connectivity index (χ1v) is 28.6. The van der Waals surface area contributed by atoms with Crippen molar-refractivity contribution in [3.05, 3.63) is 119 Å². The lowest BCUT2D eigenvalue weighted by Gasteiger charge is -2.30. The summed E-state index contributed by atoms with van der Waals surface area (Å²) in [6.45, 7) is 12.1. The molecule has 0 spiro atoms. The Morgan fingerprint density at radius 1 is 0.371 bits per heavy atom. The summed E-state index contributed by atoms with van der Waals surface area (Å²) in [7, 11) is 0. The fourth-order valence-electron chi connectivity index (χ4n) is 11.7. The van der Waals surface area contributed by atoms with Crippen molar-refractivity contribution in [2.75, 3.05) is 26.4 Å². The molecule has 2 saturated heterocycles. The van der Waals surface area contributed by atoms with Crippen LogP contribution in [-0.2, 0) is 18.9 Å². The summed E-state index contributed by atoms with van der Waals surface area (Å²) in [5.41, 5.74) is 7.52. The molecule has 4 aromatic carbocycles. The lowest BCUT2D eigenvalue weighted by Crippen LogP contribution is -2.27. The van der Waals surface area contributed by atoms with Gasteiger partial charge in [-0.1, -0.05) is 190 Å². The van der Waals surface area contributed by atoms with Crippen molar-refractivity contribution in [1.82, 2.24) is 0 Å². The van der Waals surface area contributed by atoms with Gasteiger partial charge >= 0.3 is 0 Å². The van der Waals surface area contributed by atoms with E-state index in [1.807, 2.05) is 60.7 Å². The van der Waals surface area contributed by atoms with E-state index < -0.39 is 0 Å². The Morgan fingerprint density at radius 2 is 0.729 bits per heavy atom. The van der Waals surface area contributed by atoms with Gasteiger partial charge in [0.05, 0.1) is 26.4 Å². The van der Waals surface area contributed by atoms with Crippen molar-refractivity contribution < 1.29 is 27.7 Å². The predicted octanol–water partition coefficient (Wildman–Crippen LogP) is 19.2. The number of ether oxygens (including phenoxy) is 4. The van der Waals surface area contributed by atoms with Crippen LogP contribution in [0.4, 0.5) is 8.78 Å². The summed E-state index contributed by atoms with van der Waals surface area (Å²) in [4.78, 5) is 0. The van der Waals surface area contributed by atoms with Crippen molar-refractivity contribution in [2.24, 2.45) is 23.7 Å². The van der Waals surface area contributed by atoms with Gasteiger partial charge < -0.3 is 18.9 Å². The van der Waals surface area contributed by atoms with Crippen LogP contribution in [0.25, 0.3) is 22.3 Å². The van der Waals surface area contributed by atoms with Gasteiger partial charge in [0.2, 0.25) is 0 Å². The Bertz CT molecular complexity index is 2050. The molecule has 2 aliphatic carbocycles. The van der Waals surface area contributed by atoms with Crippen molar-refractivity contribution >= 4 is 0 Å². The number of hydrogen-bond acceptors (Lipinski definition) is 4. The maximum absolute atomic E-state index is 15.2. The van der Waals surface area contributed by atoms with Gasteiger partial charge in [-0.05, 0) is 122 Å². The molecule has 0 unspecified atom stereocenters. The van der Waals surface area contributed by atoms with E-state index in [0.29, 0.717) is 34.8 Å². The Morgan fingerprint density at radius 3 is 1.10 bits per heavy atom. The lowest BCUT2D eigenvalue weighted by atomic mass is 9.77. The van der Waals surface area contributed by atoms with Crippen LogP contribution in [0.1, 0.15) is 228 Å². The Balaban J connectivity index is 0.000000207. The topological polar surface area (TPSA) is 36.9 Å². The molecule has 4 aliphatic rings. The van der Waals surface area contributed by atoms with Crippen molar-refractivity contribution in [2.45, 2.75) is 206 Å². The van der Waals surface area contributed by atoms with Crippen molar-refractivity contribution in [1.29, 1.82) is 0 Å². The third kappa shape index (κ3) is 16.3. The molecule has 0 aromatic heterocycles. The van der Waals surface area contributed by atoms with Crippen LogP contribution in [0.3, 0.4) is 0 Å². The minimum absolute atomic E-state index is 0.111. The van der Waals surface area contributed by atoms with Gasteiger partial charge in [0.1, 0.15) is 11.6 Å².